The Morgan fingerprint density at radius 1 is 1.04 bits per heavy atom. The van der Waals surface area contributed by atoms with E-state index in [1.807, 2.05) is 50.2 Å². The molecule has 0 saturated carbocycles. The van der Waals surface area contributed by atoms with Gasteiger partial charge >= 0.3 is 5.69 Å². The van der Waals surface area contributed by atoms with Crippen molar-refractivity contribution in [1.29, 1.82) is 0 Å². The number of aromatic amines is 1. The summed E-state index contributed by atoms with van der Waals surface area (Å²) in [6, 6.07) is 16.1. The molecule has 2 aromatic heterocycles. The summed E-state index contributed by atoms with van der Waals surface area (Å²) < 4.78 is 1.76. The van der Waals surface area contributed by atoms with Crippen LogP contribution < -0.4 is 11.0 Å². The van der Waals surface area contributed by atoms with Crippen molar-refractivity contribution >= 4 is 17.0 Å². The molecule has 0 amide bonds. The van der Waals surface area contributed by atoms with Crippen molar-refractivity contribution in [1.82, 2.24) is 19.5 Å². The minimum absolute atomic E-state index is 0.0855. The van der Waals surface area contributed by atoms with Crippen molar-refractivity contribution < 1.29 is 0 Å². The highest BCUT2D eigenvalue weighted by Gasteiger charge is 2.11. The second-order valence-electron chi connectivity index (χ2n) is 6.76. The van der Waals surface area contributed by atoms with E-state index >= 15 is 0 Å². The molecule has 0 unspecified atom stereocenters. The highest BCUT2D eigenvalue weighted by Crippen LogP contribution is 2.24. The van der Waals surface area contributed by atoms with Crippen molar-refractivity contribution in [2.75, 3.05) is 5.32 Å². The molecule has 2 heterocycles. The predicted octanol–water partition coefficient (Wildman–Crippen LogP) is 3.98. The molecular weight excluding hydrogens is 338 g/mol. The fraction of sp³-hybridized carbons (Fsp3) is 0.190. The van der Waals surface area contributed by atoms with Crippen LogP contribution in [0.3, 0.4) is 0 Å². The zero-order valence-electron chi connectivity index (χ0n) is 15.3. The number of hydrogen-bond donors (Lipinski definition) is 2. The van der Waals surface area contributed by atoms with E-state index in [2.05, 4.69) is 32.4 Å². The van der Waals surface area contributed by atoms with Crippen LogP contribution in [0.15, 0.2) is 65.7 Å². The molecule has 0 radical (unpaired) electrons. The number of H-pyrrole nitrogens is 1. The van der Waals surface area contributed by atoms with Crippen LogP contribution in [-0.4, -0.2) is 19.5 Å². The highest BCUT2D eigenvalue weighted by molar-refractivity contribution is 5.82. The van der Waals surface area contributed by atoms with Gasteiger partial charge in [-0.25, -0.2) is 14.8 Å². The molecule has 6 nitrogen and oxygen atoms in total. The summed E-state index contributed by atoms with van der Waals surface area (Å²) in [7, 11) is 0. The van der Waals surface area contributed by atoms with Gasteiger partial charge in [0.25, 0.3) is 0 Å². The molecule has 0 fully saturated rings. The molecule has 0 saturated heterocycles. The number of rotatable bonds is 5. The summed E-state index contributed by atoms with van der Waals surface area (Å²) in [4.78, 5) is 23.9. The Balaban J connectivity index is 1.58. The maximum absolute atomic E-state index is 12.1. The third-order valence-electron chi connectivity index (χ3n) is 4.51. The van der Waals surface area contributed by atoms with Crippen molar-refractivity contribution in [3.63, 3.8) is 0 Å². The Kier molecular flexibility index (Phi) is 4.46. The number of fused-ring (bicyclic) bond motifs is 1. The van der Waals surface area contributed by atoms with Crippen LogP contribution in [0.4, 0.5) is 5.95 Å². The largest absolute Gasteiger partial charge is 0.350 e. The summed E-state index contributed by atoms with van der Waals surface area (Å²) in [5.74, 6) is 0.587. The van der Waals surface area contributed by atoms with Crippen molar-refractivity contribution in [2.45, 2.75) is 26.4 Å². The molecule has 4 rings (SSSR count). The van der Waals surface area contributed by atoms with Crippen LogP contribution in [0.5, 0.6) is 0 Å². The third-order valence-corrected chi connectivity index (χ3v) is 4.51. The number of anilines is 1. The fourth-order valence-corrected chi connectivity index (χ4v) is 3.16. The predicted molar refractivity (Wildman–Crippen MR) is 108 cm³/mol. The van der Waals surface area contributed by atoms with Gasteiger partial charge in [0.15, 0.2) is 0 Å². The number of imidazole rings is 1. The Morgan fingerprint density at radius 2 is 1.78 bits per heavy atom. The molecule has 0 bridgehead atoms. The second-order valence-corrected chi connectivity index (χ2v) is 6.76. The lowest BCUT2D eigenvalue weighted by Crippen LogP contribution is -2.18. The lowest BCUT2D eigenvalue weighted by molar-refractivity contribution is 0.598. The standard InChI is InChI=1S/C21H21N5O/c1-14(2)26-19-10-16(8-9-18(19)25-21(26)27)17-12-23-20(24-13-17)22-11-15-6-4-3-5-7-15/h3-10,12-14H,11H2,1-2H3,(H,25,27)(H,22,23,24). The molecular formula is C21H21N5O. The monoisotopic (exact) mass is 359 g/mol. The van der Waals surface area contributed by atoms with E-state index in [9.17, 15) is 4.79 Å². The number of nitrogens with zero attached hydrogens (tertiary/aromatic N) is 3. The van der Waals surface area contributed by atoms with E-state index in [0.717, 1.165) is 22.2 Å². The summed E-state index contributed by atoms with van der Waals surface area (Å²) in [6.07, 6.45) is 3.60. The quantitative estimate of drug-likeness (QED) is 0.565. The van der Waals surface area contributed by atoms with Gasteiger partial charge in [-0.3, -0.25) is 4.57 Å². The zero-order chi connectivity index (χ0) is 18.8. The summed E-state index contributed by atoms with van der Waals surface area (Å²) >= 11 is 0. The van der Waals surface area contributed by atoms with Gasteiger partial charge in [-0.05, 0) is 37.1 Å². The lowest BCUT2D eigenvalue weighted by Gasteiger charge is -2.09. The molecule has 0 spiro atoms. The number of benzene rings is 2. The molecule has 2 aromatic carbocycles. The molecule has 0 aliphatic rings. The van der Waals surface area contributed by atoms with E-state index in [4.69, 9.17) is 0 Å². The van der Waals surface area contributed by atoms with Gasteiger partial charge in [-0.2, -0.15) is 0 Å². The molecule has 27 heavy (non-hydrogen) atoms. The summed E-state index contributed by atoms with van der Waals surface area (Å²) in [5, 5.41) is 3.22. The SMILES string of the molecule is CC(C)n1c(=O)[nH]c2ccc(-c3cnc(NCc4ccccc4)nc3)cc21. The lowest BCUT2D eigenvalue weighted by atomic mass is 10.1. The normalized spacial score (nSPS) is 11.2. The third kappa shape index (κ3) is 3.46. The van der Waals surface area contributed by atoms with E-state index in [1.54, 1.807) is 17.0 Å². The maximum Gasteiger partial charge on any atom is 0.326 e. The van der Waals surface area contributed by atoms with E-state index in [1.165, 1.54) is 5.56 Å². The average Bonchev–Trinajstić information content (AvgIpc) is 3.02. The average molecular weight is 359 g/mol. The molecule has 4 aromatic rings. The highest BCUT2D eigenvalue weighted by atomic mass is 16.1. The van der Waals surface area contributed by atoms with Crippen LogP contribution in [-0.2, 0) is 6.54 Å². The van der Waals surface area contributed by atoms with Crippen LogP contribution in [0.2, 0.25) is 0 Å². The minimum atomic E-state index is -0.0890. The first kappa shape index (κ1) is 17.0. The van der Waals surface area contributed by atoms with Crippen LogP contribution in [0, 0.1) is 0 Å². The van der Waals surface area contributed by atoms with Gasteiger partial charge in [-0.15, -0.1) is 0 Å². The van der Waals surface area contributed by atoms with Gasteiger partial charge in [0.1, 0.15) is 0 Å². The topological polar surface area (TPSA) is 75.6 Å². The van der Waals surface area contributed by atoms with Gasteiger partial charge < -0.3 is 10.3 Å². The van der Waals surface area contributed by atoms with Crippen molar-refractivity contribution in [3.05, 3.63) is 77.0 Å². The molecule has 6 heteroatoms. The van der Waals surface area contributed by atoms with Crippen molar-refractivity contribution in [3.8, 4) is 11.1 Å². The summed E-state index contributed by atoms with van der Waals surface area (Å²) in [5.41, 5.74) is 4.69. The molecule has 0 atom stereocenters. The maximum atomic E-state index is 12.1. The first-order valence-corrected chi connectivity index (χ1v) is 8.96. The fourth-order valence-electron chi connectivity index (χ4n) is 3.16. The second kappa shape index (κ2) is 7.07. The van der Waals surface area contributed by atoms with E-state index in [-0.39, 0.29) is 11.7 Å². The molecule has 136 valence electrons. The first-order valence-electron chi connectivity index (χ1n) is 8.96. The van der Waals surface area contributed by atoms with Crippen LogP contribution in [0.1, 0.15) is 25.5 Å². The van der Waals surface area contributed by atoms with E-state index in [0.29, 0.717) is 12.5 Å². The number of nitrogens with one attached hydrogen (secondary N) is 2. The van der Waals surface area contributed by atoms with E-state index < -0.39 is 0 Å². The minimum Gasteiger partial charge on any atom is -0.350 e. The van der Waals surface area contributed by atoms with Crippen LogP contribution >= 0.6 is 0 Å². The smallest absolute Gasteiger partial charge is 0.326 e. The van der Waals surface area contributed by atoms with Crippen LogP contribution in [0.25, 0.3) is 22.2 Å². The van der Waals surface area contributed by atoms with Gasteiger partial charge in [0.2, 0.25) is 5.95 Å². The molecule has 0 aliphatic heterocycles. The Labute approximate surface area is 156 Å². The first-order chi connectivity index (χ1) is 13.1. The number of hydrogen-bond acceptors (Lipinski definition) is 4. The summed E-state index contributed by atoms with van der Waals surface area (Å²) in [6.45, 7) is 4.67. The Hall–Kier alpha value is -3.41. The number of aromatic nitrogens is 4. The Bertz CT molecular complexity index is 1110. The van der Waals surface area contributed by atoms with Gasteiger partial charge in [0, 0.05) is 30.5 Å². The van der Waals surface area contributed by atoms with Gasteiger partial charge in [-0.1, -0.05) is 36.4 Å². The van der Waals surface area contributed by atoms with Gasteiger partial charge in [0.05, 0.1) is 11.0 Å². The molecule has 2 N–H and O–H groups in total. The Morgan fingerprint density at radius 3 is 2.48 bits per heavy atom. The zero-order valence-corrected chi connectivity index (χ0v) is 15.3. The van der Waals surface area contributed by atoms with Crippen molar-refractivity contribution in [2.24, 2.45) is 0 Å². The molecule has 0 aliphatic carbocycles.